The van der Waals surface area contributed by atoms with E-state index in [0.29, 0.717) is 0 Å². The van der Waals surface area contributed by atoms with Gasteiger partial charge in [0.2, 0.25) is 0 Å². The molecule has 2 atom stereocenters. The smallest absolute Gasteiger partial charge is 0.0851 e. The van der Waals surface area contributed by atoms with E-state index >= 15 is 0 Å². The first-order valence-electron chi connectivity index (χ1n) is 11.6. The Kier molecular flexibility index (Phi) is 3.78. The zero-order valence-corrected chi connectivity index (χ0v) is 18.5. The topological polar surface area (TPSA) is 9.86 Å². The van der Waals surface area contributed by atoms with Crippen LogP contribution in [0.1, 0.15) is 13.0 Å². The molecular weight excluding hydrogens is 400 g/mol. The molecule has 0 bridgehead atoms. The van der Waals surface area contributed by atoms with Crippen molar-refractivity contribution >= 4 is 43.6 Å². The molecule has 2 heteroatoms. The Labute approximate surface area is 192 Å². The standard InChI is InChI=1S/C31H24N2/c1-31(33-28-18-8-4-14-24(28)25-15-5-9-19-29(25)33)21-11-10-20-30(31)32-26-16-6-2-12-22(26)23-13-3-7-17-27(23)32/h2-21,30H,1H3. The summed E-state index contributed by atoms with van der Waals surface area (Å²) in [5, 5.41) is 5.22. The van der Waals surface area contributed by atoms with Crippen LogP contribution in [-0.2, 0) is 5.54 Å². The van der Waals surface area contributed by atoms with Crippen LogP contribution in [0.4, 0.5) is 0 Å². The van der Waals surface area contributed by atoms with Crippen molar-refractivity contribution in [3.05, 3.63) is 121 Å². The van der Waals surface area contributed by atoms with Gasteiger partial charge in [0.05, 0.1) is 11.6 Å². The number of para-hydroxylation sites is 4. The molecule has 33 heavy (non-hydrogen) atoms. The second kappa shape index (κ2) is 6.73. The molecule has 0 saturated carbocycles. The number of nitrogens with zero attached hydrogens (tertiary/aromatic N) is 2. The lowest BCUT2D eigenvalue weighted by Crippen LogP contribution is -2.38. The third kappa shape index (κ3) is 2.44. The molecule has 0 saturated heterocycles. The van der Waals surface area contributed by atoms with Crippen LogP contribution in [0, 0.1) is 0 Å². The van der Waals surface area contributed by atoms with E-state index in [1.807, 2.05) is 0 Å². The Morgan fingerprint density at radius 3 is 1.48 bits per heavy atom. The highest BCUT2D eigenvalue weighted by Gasteiger charge is 2.38. The van der Waals surface area contributed by atoms with Gasteiger partial charge in [-0.25, -0.2) is 0 Å². The lowest BCUT2D eigenvalue weighted by Gasteiger charge is -2.40. The zero-order valence-electron chi connectivity index (χ0n) is 18.5. The summed E-state index contributed by atoms with van der Waals surface area (Å²) in [6.45, 7) is 2.38. The van der Waals surface area contributed by atoms with Gasteiger partial charge in [-0.15, -0.1) is 0 Å². The van der Waals surface area contributed by atoms with E-state index in [-0.39, 0.29) is 11.6 Å². The van der Waals surface area contributed by atoms with Crippen molar-refractivity contribution in [1.29, 1.82) is 0 Å². The van der Waals surface area contributed by atoms with Gasteiger partial charge in [-0.1, -0.05) is 97.1 Å². The normalized spacial score (nSPS) is 20.5. The molecule has 2 nitrogen and oxygen atoms in total. The van der Waals surface area contributed by atoms with Crippen LogP contribution < -0.4 is 0 Å². The zero-order chi connectivity index (χ0) is 22.0. The first kappa shape index (κ1) is 18.5. The highest BCUT2D eigenvalue weighted by atomic mass is 15.2. The molecule has 0 radical (unpaired) electrons. The second-order valence-corrected chi connectivity index (χ2v) is 9.19. The quantitative estimate of drug-likeness (QED) is 0.267. The largest absolute Gasteiger partial charge is 0.331 e. The molecule has 0 spiro atoms. The van der Waals surface area contributed by atoms with E-state index in [2.05, 4.69) is 137 Å². The van der Waals surface area contributed by atoms with E-state index in [1.54, 1.807) is 0 Å². The number of hydrogen-bond donors (Lipinski definition) is 0. The minimum Gasteiger partial charge on any atom is -0.331 e. The molecule has 1 aliphatic rings. The first-order chi connectivity index (χ1) is 16.3. The number of benzene rings is 4. The van der Waals surface area contributed by atoms with Crippen molar-refractivity contribution in [1.82, 2.24) is 9.13 Å². The number of rotatable bonds is 2. The summed E-state index contributed by atoms with van der Waals surface area (Å²) in [4.78, 5) is 0. The Balaban J connectivity index is 1.60. The van der Waals surface area contributed by atoms with Gasteiger partial charge in [-0.2, -0.15) is 0 Å². The molecule has 158 valence electrons. The molecule has 0 amide bonds. The predicted molar refractivity (Wildman–Crippen MR) is 140 cm³/mol. The highest BCUT2D eigenvalue weighted by molar-refractivity contribution is 6.09. The number of allylic oxidation sites excluding steroid dienone is 4. The van der Waals surface area contributed by atoms with Crippen molar-refractivity contribution < 1.29 is 0 Å². The molecule has 4 aromatic carbocycles. The molecule has 2 aromatic heterocycles. The molecular formula is C31H24N2. The van der Waals surface area contributed by atoms with E-state index in [9.17, 15) is 0 Å². The minimum atomic E-state index is -0.290. The summed E-state index contributed by atoms with van der Waals surface area (Å²) in [5.74, 6) is 0. The Hall–Kier alpha value is -4.04. The van der Waals surface area contributed by atoms with Crippen molar-refractivity contribution in [2.45, 2.75) is 18.5 Å². The van der Waals surface area contributed by atoms with Crippen LogP contribution in [-0.4, -0.2) is 9.13 Å². The summed E-state index contributed by atoms with van der Waals surface area (Å²) in [5.41, 5.74) is 4.80. The number of hydrogen-bond acceptors (Lipinski definition) is 0. The Bertz CT molecular complexity index is 1640. The monoisotopic (exact) mass is 424 g/mol. The maximum absolute atomic E-state index is 2.55. The van der Waals surface area contributed by atoms with Crippen molar-refractivity contribution in [3.8, 4) is 0 Å². The van der Waals surface area contributed by atoms with Gasteiger partial charge in [0.1, 0.15) is 0 Å². The molecule has 0 aliphatic heterocycles. The Morgan fingerprint density at radius 1 is 0.545 bits per heavy atom. The van der Waals surface area contributed by atoms with Crippen LogP contribution in [0.2, 0.25) is 0 Å². The summed E-state index contributed by atoms with van der Waals surface area (Å²) in [6, 6.07) is 35.3. The van der Waals surface area contributed by atoms with E-state index in [0.717, 1.165) is 0 Å². The summed E-state index contributed by atoms with van der Waals surface area (Å²) in [7, 11) is 0. The van der Waals surface area contributed by atoms with Gasteiger partial charge in [-0.3, -0.25) is 0 Å². The van der Waals surface area contributed by atoms with Crippen molar-refractivity contribution in [2.75, 3.05) is 0 Å². The molecule has 0 N–H and O–H groups in total. The predicted octanol–water partition coefficient (Wildman–Crippen LogP) is 7.98. The third-order valence-corrected chi connectivity index (χ3v) is 7.39. The van der Waals surface area contributed by atoms with E-state index in [1.165, 1.54) is 43.6 Å². The summed E-state index contributed by atoms with van der Waals surface area (Å²) in [6.07, 6.45) is 9.14. The second-order valence-electron chi connectivity index (χ2n) is 9.19. The van der Waals surface area contributed by atoms with Gasteiger partial charge in [0, 0.05) is 43.6 Å². The van der Waals surface area contributed by atoms with Crippen molar-refractivity contribution in [3.63, 3.8) is 0 Å². The van der Waals surface area contributed by atoms with Crippen LogP contribution in [0.15, 0.2) is 121 Å². The van der Waals surface area contributed by atoms with E-state index in [4.69, 9.17) is 0 Å². The number of aromatic nitrogens is 2. The van der Waals surface area contributed by atoms with Crippen LogP contribution >= 0.6 is 0 Å². The average Bonchev–Trinajstić information content (AvgIpc) is 3.38. The minimum absolute atomic E-state index is 0.117. The first-order valence-corrected chi connectivity index (χ1v) is 11.6. The molecule has 0 fully saturated rings. The van der Waals surface area contributed by atoms with Crippen molar-refractivity contribution in [2.24, 2.45) is 0 Å². The van der Waals surface area contributed by atoms with Crippen LogP contribution in [0.3, 0.4) is 0 Å². The third-order valence-electron chi connectivity index (χ3n) is 7.39. The van der Waals surface area contributed by atoms with Gasteiger partial charge in [0.25, 0.3) is 0 Å². The fraction of sp³-hybridized carbons (Fsp3) is 0.0968. The van der Waals surface area contributed by atoms with Crippen LogP contribution in [0.25, 0.3) is 43.6 Å². The fourth-order valence-corrected chi connectivity index (χ4v) is 5.96. The van der Waals surface area contributed by atoms with Gasteiger partial charge in [-0.05, 0) is 31.2 Å². The van der Waals surface area contributed by atoms with Crippen LogP contribution in [0.5, 0.6) is 0 Å². The summed E-state index contributed by atoms with van der Waals surface area (Å²) >= 11 is 0. The molecule has 1 aliphatic carbocycles. The van der Waals surface area contributed by atoms with Gasteiger partial charge < -0.3 is 9.13 Å². The Morgan fingerprint density at radius 2 is 0.970 bits per heavy atom. The maximum Gasteiger partial charge on any atom is 0.0851 e. The average molecular weight is 425 g/mol. The highest BCUT2D eigenvalue weighted by Crippen LogP contribution is 2.45. The van der Waals surface area contributed by atoms with E-state index < -0.39 is 0 Å². The summed E-state index contributed by atoms with van der Waals surface area (Å²) < 4.78 is 5.08. The fourth-order valence-electron chi connectivity index (χ4n) is 5.96. The SMILES string of the molecule is CC1(n2c3ccccc3c3ccccc32)C=CC=CC1n1c2ccccc2c2ccccc21. The van der Waals surface area contributed by atoms with Gasteiger partial charge >= 0.3 is 0 Å². The maximum atomic E-state index is 2.55. The lowest BCUT2D eigenvalue weighted by atomic mass is 9.86. The van der Waals surface area contributed by atoms with Gasteiger partial charge in [0.15, 0.2) is 0 Å². The molecule has 2 heterocycles. The number of fused-ring (bicyclic) bond motifs is 6. The molecule has 2 unspecified atom stereocenters. The molecule has 7 rings (SSSR count). The molecule has 6 aromatic rings. The lowest BCUT2D eigenvalue weighted by molar-refractivity contribution is 0.325.